The maximum Gasteiger partial charge on any atom is 0.410 e. The number of carbonyl (C=O) groups excluding carboxylic acids is 1. The molecule has 1 aliphatic heterocycles. The van der Waals surface area contributed by atoms with Crippen molar-refractivity contribution in [2.45, 2.75) is 84.4 Å². The van der Waals surface area contributed by atoms with Crippen molar-refractivity contribution in [2.24, 2.45) is 9.81 Å². The van der Waals surface area contributed by atoms with Gasteiger partial charge in [-0.3, -0.25) is 0 Å². The van der Waals surface area contributed by atoms with E-state index in [4.69, 9.17) is 18.6 Å². The fourth-order valence-corrected chi connectivity index (χ4v) is 5.79. The van der Waals surface area contributed by atoms with Crippen LogP contribution in [-0.2, 0) is 40.1 Å². The minimum Gasteiger partial charge on any atom is -0.497 e. The van der Waals surface area contributed by atoms with Gasteiger partial charge in [-0.25, -0.2) is 9.00 Å². The van der Waals surface area contributed by atoms with Crippen LogP contribution in [0.15, 0.2) is 46.9 Å². The molecule has 8 heteroatoms. The first-order chi connectivity index (χ1) is 18.3. The summed E-state index contributed by atoms with van der Waals surface area (Å²) in [5, 5.41) is 0. The lowest BCUT2D eigenvalue weighted by Crippen LogP contribution is -2.47. The molecule has 2 aliphatic rings. The summed E-state index contributed by atoms with van der Waals surface area (Å²) in [6, 6.07) is 14.3. The molecule has 0 bridgehead atoms. The van der Waals surface area contributed by atoms with E-state index in [-0.39, 0.29) is 11.5 Å². The number of ether oxygens (including phenoxy) is 3. The van der Waals surface area contributed by atoms with Gasteiger partial charge in [0.05, 0.1) is 30.8 Å². The number of amides is 1. The van der Waals surface area contributed by atoms with Crippen LogP contribution in [0.4, 0.5) is 4.79 Å². The number of methoxy groups -OCH3 is 1. The lowest BCUT2D eigenvalue weighted by atomic mass is 9.74. The fraction of sp³-hybridized carbons (Fsp3) is 0.548. The zero-order valence-electron chi connectivity index (χ0n) is 24.3. The van der Waals surface area contributed by atoms with Gasteiger partial charge in [0.25, 0.3) is 0 Å². The zero-order chi connectivity index (χ0) is 28.4. The van der Waals surface area contributed by atoms with Crippen LogP contribution in [0, 0.1) is 5.41 Å². The van der Waals surface area contributed by atoms with Crippen LogP contribution in [0.5, 0.6) is 5.75 Å². The van der Waals surface area contributed by atoms with Gasteiger partial charge in [-0.15, -0.1) is 0 Å². The Balaban J connectivity index is 1.53. The molecule has 1 saturated heterocycles. The van der Waals surface area contributed by atoms with Crippen LogP contribution in [0.1, 0.15) is 76.6 Å². The highest BCUT2D eigenvalue weighted by Crippen LogP contribution is 2.46. The number of hydrogen-bond acceptors (Lipinski definition) is 5. The number of likely N-dealkylation sites (tertiary alicyclic amines) is 1. The molecular formula is C31H42N2O5S. The topological polar surface area (TPSA) is 77.4 Å². The summed E-state index contributed by atoms with van der Waals surface area (Å²) in [5.41, 5.74) is 4.54. The van der Waals surface area contributed by atoms with Gasteiger partial charge in [-0.2, -0.15) is 4.40 Å². The van der Waals surface area contributed by atoms with E-state index in [1.165, 1.54) is 5.56 Å². The molecule has 1 spiro atoms. The average molecular weight is 555 g/mol. The first-order valence-corrected chi connectivity index (χ1v) is 14.7. The van der Waals surface area contributed by atoms with Crippen LogP contribution in [0.25, 0.3) is 0 Å². The van der Waals surface area contributed by atoms with Crippen LogP contribution >= 0.6 is 0 Å². The Labute approximate surface area is 235 Å². The molecule has 4 rings (SSSR count). The van der Waals surface area contributed by atoms with Gasteiger partial charge in [-0.1, -0.05) is 24.3 Å². The third-order valence-corrected chi connectivity index (χ3v) is 8.62. The second-order valence-electron chi connectivity index (χ2n) is 12.6. The van der Waals surface area contributed by atoms with Crippen molar-refractivity contribution >= 4 is 22.8 Å². The predicted molar refractivity (Wildman–Crippen MR) is 156 cm³/mol. The van der Waals surface area contributed by atoms with Crippen LogP contribution in [-0.4, -0.2) is 51.5 Å². The van der Waals surface area contributed by atoms with Crippen LogP contribution < -0.4 is 4.74 Å². The number of rotatable bonds is 6. The summed E-state index contributed by atoms with van der Waals surface area (Å²) < 4.78 is 34.5. The molecule has 0 radical (unpaired) electrons. The smallest absolute Gasteiger partial charge is 0.410 e. The SMILES string of the molecule is COc1ccc(COCc2ccc3c(c2)C(=N[S@](=O)C(C)(C)C)C2(CCN(C(=O)OC(C)(C)C)CC2)C3)cc1. The van der Waals surface area contributed by atoms with Gasteiger partial charge in [0.1, 0.15) is 22.3 Å². The summed E-state index contributed by atoms with van der Waals surface area (Å²) in [6.07, 6.45) is 2.06. The Morgan fingerprint density at radius 3 is 2.18 bits per heavy atom. The first kappa shape index (κ1) is 29.3. The maximum atomic E-state index is 13.3. The molecule has 7 nitrogen and oxygen atoms in total. The van der Waals surface area contributed by atoms with Gasteiger partial charge >= 0.3 is 6.09 Å². The van der Waals surface area contributed by atoms with Gasteiger partial charge in [0.2, 0.25) is 0 Å². The van der Waals surface area contributed by atoms with Crippen molar-refractivity contribution in [2.75, 3.05) is 20.2 Å². The monoisotopic (exact) mass is 554 g/mol. The van der Waals surface area contributed by atoms with Gasteiger partial charge in [0.15, 0.2) is 0 Å². The van der Waals surface area contributed by atoms with Crippen LogP contribution in [0.3, 0.4) is 0 Å². The second-order valence-corrected chi connectivity index (χ2v) is 14.5. The summed E-state index contributed by atoms with van der Waals surface area (Å²) in [4.78, 5) is 14.5. The molecule has 0 aromatic heterocycles. The number of carbonyl (C=O) groups is 1. The first-order valence-electron chi connectivity index (χ1n) is 13.6. The number of nitrogens with zero attached hydrogens (tertiary/aromatic N) is 2. The van der Waals surface area contributed by atoms with E-state index < -0.39 is 21.3 Å². The summed E-state index contributed by atoms with van der Waals surface area (Å²) in [6.45, 7) is 13.6. The molecule has 0 saturated carbocycles. The largest absolute Gasteiger partial charge is 0.497 e. The Morgan fingerprint density at radius 2 is 1.59 bits per heavy atom. The quantitative estimate of drug-likeness (QED) is 0.423. The van der Waals surface area contributed by atoms with E-state index in [0.29, 0.717) is 26.3 Å². The van der Waals surface area contributed by atoms with Crippen LogP contribution in [0.2, 0.25) is 0 Å². The van der Waals surface area contributed by atoms with E-state index >= 15 is 0 Å². The minimum atomic E-state index is -1.39. The Kier molecular flexibility index (Phi) is 8.57. The van der Waals surface area contributed by atoms with Crippen molar-refractivity contribution in [3.8, 4) is 5.75 Å². The number of hydrogen-bond donors (Lipinski definition) is 0. The van der Waals surface area contributed by atoms with E-state index in [1.54, 1.807) is 12.0 Å². The lowest BCUT2D eigenvalue weighted by molar-refractivity contribution is 0.0159. The number of benzene rings is 2. The molecule has 1 atom stereocenters. The molecule has 39 heavy (non-hydrogen) atoms. The number of fused-ring (bicyclic) bond motifs is 1. The highest BCUT2D eigenvalue weighted by molar-refractivity contribution is 7.85. The Bertz CT molecular complexity index is 1230. The standard InChI is InChI=1S/C31H42N2O5S/c1-29(2,3)38-28(34)33-16-14-31(15-17-33)19-24-11-8-23(18-26(24)27(31)32-39(35)30(4,5)6)21-37-20-22-9-12-25(36-7)13-10-22/h8-13,18H,14-17,19-21H2,1-7H3/t39-/m1/s1. The highest BCUT2D eigenvalue weighted by atomic mass is 32.2. The molecule has 0 unspecified atom stereocenters. The maximum absolute atomic E-state index is 13.3. The molecule has 0 N–H and O–H groups in total. The third-order valence-electron chi connectivity index (χ3n) is 7.23. The summed E-state index contributed by atoms with van der Waals surface area (Å²) in [7, 11) is 0.264. The summed E-state index contributed by atoms with van der Waals surface area (Å²) >= 11 is 0. The van der Waals surface area contributed by atoms with E-state index in [1.807, 2.05) is 65.8 Å². The fourth-order valence-electron chi connectivity index (χ4n) is 5.05. The molecule has 1 amide bonds. The molecule has 1 fully saturated rings. The Morgan fingerprint density at radius 1 is 0.974 bits per heavy atom. The minimum absolute atomic E-state index is 0.246. The molecular weight excluding hydrogens is 512 g/mol. The predicted octanol–water partition coefficient (Wildman–Crippen LogP) is 6.24. The van der Waals surface area contributed by atoms with Gasteiger partial charge in [0, 0.05) is 24.1 Å². The van der Waals surface area contributed by atoms with E-state index in [2.05, 4.69) is 18.2 Å². The Hall–Kier alpha value is -2.71. The lowest BCUT2D eigenvalue weighted by Gasteiger charge is -2.40. The molecule has 212 valence electrons. The van der Waals surface area contributed by atoms with Crippen molar-refractivity contribution in [3.05, 3.63) is 64.7 Å². The number of piperidine rings is 1. The van der Waals surface area contributed by atoms with Crippen molar-refractivity contribution in [3.63, 3.8) is 0 Å². The highest BCUT2D eigenvalue weighted by Gasteiger charge is 2.47. The molecule has 2 aromatic rings. The van der Waals surface area contributed by atoms with Crippen molar-refractivity contribution in [1.82, 2.24) is 4.90 Å². The zero-order valence-corrected chi connectivity index (χ0v) is 25.2. The van der Waals surface area contributed by atoms with Crippen molar-refractivity contribution < 1.29 is 23.2 Å². The normalized spacial score (nSPS) is 18.7. The third kappa shape index (κ3) is 7.09. The van der Waals surface area contributed by atoms with Crippen molar-refractivity contribution in [1.29, 1.82) is 0 Å². The second kappa shape index (κ2) is 11.4. The van der Waals surface area contributed by atoms with E-state index in [0.717, 1.165) is 47.4 Å². The molecule has 2 aromatic carbocycles. The molecule has 1 heterocycles. The average Bonchev–Trinajstić information content (AvgIpc) is 3.15. The van der Waals surface area contributed by atoms with E-state index in [9.17, 15) is 9.00 Å². The summed E-state index contributed by atoms with van der Waals surface area (Å²) in [5.74, 6) is 0.822. The molecule has 1 aliphatic carbocycles. The van der Waals surface area contributed by atoms with Gasteiger partial charge in [-0.05, 0) is 95.7 Å². The van der Waals surface area contributed by atoms with Gasteiger partial charge < -0.3 is 19.1 Å².